The highest BCUT2D eigenvalue weighted by molar-refractivity contribution is 6.32. The second-order valence-electron chi connectivity index (χ2n) is 8.70. The van der Waals surface area contributed by atoms with Gasteiger partial charge in [-0.2, -0.15) is 0 Å². The summed E-state index contributed by atoms with van der Waals surface area (Å²) in [5, 5.41) is 12.6. The zero-order valence-electron chi connectivity index (χ0n) is 19.1. The molecule has 0 aliphatic carbocycles. The van der Waals surface area contributed by atoms with Gasteiger partial charge in [-0.1, -0.05) is 60.1 Å². The molecular weight excluding hydrogens is 464 g/mol. The first kappa shape index (κ1) is 23.1. The van der Waals surface area contributed by atoms with E-state index in [0.717, 1.165) is 37.3 Å². The molecule has 2 heterocycles. The van der Waals surface area contributed by atoms with Crippen molar-refractivity contribution in [2.75, 3.05) is 31.1 Å². The molecule has 0 unspecified atom stereocenters. The Morgan fingerprint density at radius 1 is 0.943 bits per heavy atom. The van der Waals surface area contributed by atoms with Crippen LogP contribution in [0.4, 0.5) is 5.69 Å². The van der Waals surface area contributed by atoms with Crippen LogP contribution in [-0.2, 0) is 17.8 Å². The molecule has 7 heteroatoms. The van der Waals surface area contributed by atoms with Crippen LogP contribution in [0.15, 0.2) is 82.0 Å². The monoisotopic (exact) mass is 487 g/mol. The number of carbonyl (C=O) groups excluding carboxylic acids is 1. The van der Waals surface area contributed by atoms with Gasteiger partial charge in [0.1, 0.15) is 5.58 Å². The molecule has 1 fully saturated rings. The fourth-order valence-electron chi connectivity index (χ4n) is 4.71. The number of para-hydroxylation sites is 1. The second-order valence-corrected chi connectivity index (χ2v) is 9.10. The summed E-state index contributed by atoms with van der Waals surface area (Å²) in [7, 11) is 0. The molecule has 5 rings (SSSR count). The van der Waals surface area contributed by atoms with Crippen molar-refractivity contribution >= 4 is 34.2 Å². The van der Waals surface area contributed by atoms with Crippen LogP contribution in [0.2, 0.25) is 5.02 Å². The number of aliphatic carboxylic acids is 1. The quantitative estimate of drug-likeness (QED) is 0.386. The Labute approximate surface area is 208 Å². The van der Waals surface area contributed by atoms with Crippen molar-refractivity contribution in [1.29, 1.82) is 0 Å². The summed E-state index contributed by atoms with van der Waals surface area (Å²) in [6.45, 7) is 4.23. The highest BCUT2D eigenvalue weighted by atomic mass is 35.5. The van der Waals surface area contributed by atoms with Crippen LogP contribution < -0.4 is 15.6 Å². The van der Waals surface area contributed by atoms with E-state index in [1.165, 1.54) is 5.69 Å². The summed E-state index contributed by atoms with van der Waals surface area (Å²) in [5.74, 6) is -1.33. The maximum atomic E-state index is 12.7. The number of halogens is 1. The lowest BCUT2D eigenvalue weighted by atomic mass is 9.94. The molecule has 0 bridgehead atoms. The first-order chi connectivity index (χ1) is 17.0. The minimum Gasteiger partial charge on any atom is -0.550 e. The number of carbonyl (C=O) groups is 1. The van der Waals surface area contributed by atoms with Crippen molar-refractivity contribution < 1.29 is 14.3 Å². The third-order valence-electron chi connectivity index (χ3n) is 6.44. The van der Waals surface area contributed by atoms with E-state index in [1.807, 2.05) is 54.6 Å². The summed E-state index contributed by atoms with van der Waals surface area (Å²) in [4.78, 5) is 28.9. The van der Waals surface area contributed by atoms with Gasteiger partial charge in [0.25, 0.3) is 0 Å². The van der Waals surface area contributed by atoms with E-state index < -0.39 is 18.0 Å². The smallest absolute Gasteiger partial charge is 0.340 e. The van der Waals surface area contributed by atoms with E-state index in [2.05, 4.69) is 21.9 Å². The Hall–Kier alpha value is -3.61. The van der Waals surface area contributed by atoms with Crippen molar-refractivity contribution in [3.8, 4) is 11.1 Å². The maximum absolute atomic E-state index is 12.7. The fraction of sp³-hybridized carbons (Fsp3) is 0.214. The molecule has 0 atom stereocenters. The number of rotatable bonds is 6. The van der Waals surface area contributed by atoms with Gasteiger partial charge in [0.05, 0.1) is 5.56 Å². The zero-order valence-corrected chi connectivity index (χ0v) is 19.8. The van der Waals surface area contributed by atoms with Gasteiger partial charge in [0, 0.05) is 72.8 Å². The minimum absolute atomic E-state index is 0.0773. The molecule has 178 valence electrons. The Bertz CT molecular complexity index is 1410. The van der Waals surface area contributed by atoms with Gasteiger partial charge in [-0.05, 0) is 29.3 Å². The van der Waals surface area contributed by atoms with Crippen molar-refractivity contribution in [3.63, 3.8) is 0 Å². The molecular formula is C28H24ClN2O4-. The minimum atomic E-state index is -1.33. The van der Waals surface area contributed by atoms with E-state index in [9.17, 15) is 14.7 Å². The molecule has 1 aromatic heterocycles. The molecule has 1 saturated heterocycles. The third-order valence-corrected chi connectivity index (χ3v) is 6.79. The van der Waals surface area contributed by atoms with Crippen LogP contribution in [0.3, 0.4) is 0 Å². The lowest BCUT2D eigenvalue weighted by Gasteiger charge is -2.36. The molecule has 3 aromatic carbocycles. The summed E-state index contributed by atoms with van der Waals surface area (Å²) in [6.07, 6.45) is -0.526. The van der Waals surface area contributed by atoms with Crippen molar-refractivity contribution in [1.82, 2.24) is 4.90 Å². The molecule has 1 aliphatic rings. The molecule has 0 saturated carbocycles. The summed E-state index contributed by atoms with van der Waals surface area (Å²) in [6, 6.07) is 23.2. The van der Waals surface area contributed by atoms with Crippen molar-refractivity contribution in [2.45, 2.75) is 13.0 Å². The van der Waals surface area contributed by atoms with E-state index in [-0.39, 0.29) is 5.56 Å². The molecule has 0 radical (unpaired) electrons. The van der Waals surface area contributed by atoms with E-state index in [1.54, 1.807) is 6.07 Å². The zero-order chi connectivity index (χ0) is 24.4. The van der Waals surface area contributed by atoms with Gasteiger partial charge in [-0.3, -0.25) is 4.90 Å². The molecule has 0 amide bonds. The molecule has 6 nitrogen and oxygen atoms in total. The average Bonchev–Trinajstić information content (AvgIpc) is 2.87. The van der Waals surface area contributed by atoms with Gasteiger partial charge in [0.15, 0.2) is 0 Å². The van der Waals surface area contributed by atoms with Crippen LogP contribution in [0.1, 0.15) is 11.1 Å². The predicted octanol–water partition coefficient (Wildman–Crippen LogP) is 3.73. The lowest BCUT2D eigenvalue weighted by Crippen LogP contribution is -2.46. The van der Waals surface area contributed by atoms with Crippen LogP contribution >= 0.6 is 11.6 Å². The van der Waals surface area contributed by atoms with Crippen molar-refractivity contribution in [2.24, 2.45) is 0 Å². The van der Waals surface area contributed by atoms with Crippen LogP contribution in [0, 0.1) is 0 Å². The highest BCUT2D eigenvalue weighted by Crippen LogP contribution is 2.34. The van der Waals surface area contributed by atoms with Gasteiger partial charge in [0.2, 0.25) is 0 Å². The van der Waals surface area contributed by atoms with Gasteiger partial charge in [-0.15, -0.1) is 0 Å². The highest BCUT2D eigenvalue weighted by Gasteiger charge is 2.21. The predicted molar refractivity (Wildman–Crippen MR) is 136 cm³/mol. The fourth-order valence-corrected chi connectivity index (χ4v) is 4.92. The number of carboxylic acid groups (broad SMARTS) is 1. The standard InChI is InChI=1S/C28H25ClN2O4/c29-24-17-25-22(27(19-7-3-1-4-8-19)23(16-26(32)33)28(34)35-25)15-20(24)18-30-11-13-31(14-12-30)21-9-5-2-6-10-21/h1-10,15,17H,11-14,16,18H2,(H,32,33)/p-1. The number of anilines is 1. The lowest BCUT2D eigenvalue weighted by molar-refractivity contribution is -0.304. The van der Waals surface area contributed by atoms with Crippen LogP contribution in [0.25, 0.3) is 22.1 Å². The Balaban J connectivity index is 1.49. The van der Waals surface area contributed by atoms with E-state index in [0.29, 0.717) is 28.1 Å². The molecule has 4 aromatic rings. The number of fused-ring (bicyclic) bond motifs is 1. The first-order valence-corrected chi connectivity index (χ1v) is 11.9. The van der Waals surface area contributed by atoms with Crippen LogP contribution in [-0.4, -0.2) is 37.0 Å². The number of hydrogen-bond donors (Lipinski definition) is 0. The van der Waals surface area contributed by atoms with Gasteiger partial charge < -0.3 is 19.2 Å². The number of piperazine rings is 1. The Morgan fingerprint density at radius 3 is 2.26 bits per heavy atom. The topological polar surface area (TPSA) is 76.8 Å². The summed E-state index contributed by atoms with van der Waals surface area (Å²) >= 11 is 6.62. The van der Waals surface area contributed by atoms with Gasteiger partial charge >= 0.3 is 5.63 Å². The number of carboxylic acids is 1. The van der Waals surface area contributed by atoms with Crippen molar-refractivity contribution in [3.05, 3.63) is 99.4 Å². The summed E-state index contributed by atoms with van der Waals surface area (Å²) < 4.78 is 5.49. The normalized spacial score (nSPS) is 14.4. The average molecular weight is 488 g/mol. The summed E-state index contributed by atoms with van der Waals surface area (Å²) in [5.41, 5.74) is 3.13. The van der Waals surface area contributed by atoms with E-state index in [4.69, 9.17) is 16.0 Å². The van der Waals surface area contributed by atoms with E-state index >= 15 is 0 Å². The third kappa shape index (κ3) is 4.94. The number of benzene rings is 3. The van der Waals surface area contributed by atoms with Gasteiger partial charge in [-0.25, -0.2) is 4.79 Å². The molecule has 0 spiro atoms. The number of nitrogens with zero attached hydrogens (tertiary/aromatic N) is 2. The molecule has 35 heavy (non-hydrogen) atoms. The largest absolute Gasteiger partial charge is 0.550 e. The number of hydrogen-bond acceptors (Lipinski definition) is 6. The Morgan fingerprint density at radius 2 is 1.60 bits per heavy atom. The maximum Gasteiger partial charge on any atom is 0.340 e. The molecule has 1 aliphatic heterocycles. The SMILES string of the molecule is O=C([O-])Cc1c(-c2ccccc2)c2cc(CN3CCN(c4ccccc4)CC3)c(Cl)cc2oc1=O. The second kappa shape index (κ2) is 9.94. The first-order valence-electron chi connectivity index (χ1n) is 11.6. The molecule has 0 N–H and O–H groups in total. The van der Waals surface area contributed by atoms with Crippen LogP contribution in [0.5, 0.6) is 0 Å². The Kier molecular flexibility index (Phi) is 6.57.